The van der Waals surface area contributed by atoms with Crippen molar-refractivity contribution in [1.82, 2.24) is 15.0 Å². The average molecular weight is 261 g/mol. The maximum Gasteiger partial charge on any atom is 0.234 e. The highest BCUT2D eigenvalue weighted by Crippen LogP contribution is 2.32. The second kappa shape index (κ2) is 4.53. The Kier molecular flexibility index (Phi) is 2.88. The van der Waals surface area contributed by atoms with Crippen molar-refractivity contribution in [1.29, 1.82) is 0 Å². The average Bonchev–Trinajstić information content (AvgIpc) is 2.37. The van der Waals surface area contributed by atoms with E-state index in [4.69, 9.17) is 11.6 Å². The van der Waals surface area contributed by atoms with Gasteiger partial charge < -0.3 is 4.90 Å². The van der Waals surface area contributed by atoms with Crippen LogP contribution in [0.5, 0.6) is 0 Å². The zero-order valence-electron chi connectivity index (χ0n) is 10.1. The molecule has 2 heterocycles. The highest BCUT2D eigenvalue weighted by atomic mass is 35.5. The van der Waals surface area contributed by atoms with Crippen molar-refractivity contribution in [3.8, 4) is 0 Å². The van der Waals surface area contributed by atoms with Gasteiger partial charge in [-0.25, -0.2) is 9.97 Å². The second-order valence-electron chi connectivity index (χ2n) is 4.44. The first-order chi connectivity index (χ1) is 8.74. The lowest BCUT2D eigenvalue weighted by molar-refractivity contribution is 0.746. The fraction of sp³-hybridized carbons (Fsp3) is 0.308. The van der Waals surface area contributed by atoms with Gasteiger partial charge in [0.2, 0.25) is 11.2 Å². The van der Waals surface area contributed by atoms with E-state index in [9.17, 15) is 0 Å². The van der Waals surface area contributed by atoms with Crippen molar-refractivity contribution in [3.63, 3.8) is 0 Å². The number of aryl methyl sites for hydroxylation is 2. The fourth-order valence-electron chi connectivity index (χ4n) is 2.33. The number of hydrogen-bond acceptors (Lipinski definition) is 4. The molecule has 1 aliphatic heterocycles. The molecule has 1 aromatic heterocycles. The monoisotopic (exact) mass is 260 g/mol. The summed E-state index contributed by atoms with van der Waals surface area (Å²) in [4.78, 5) is 14.3. The number of nitrogens with zero attached hydrogens (tertiary/aromatic N) is 4. The van der Waals surface area contributed by atoms with E-state index in [1.807, 2.05) is 0 Å². The van der Waals surface area contributed by atoms with Gasteiger partial charge >= 0.3 is 0 Å². The van der Waals surface area contributed by atoms with Gasteiger partial charge in [-0.3, -0.25) is 0 Å². The Morgan fingerprint density at radius 1 is 1.28 bits per heavy atom. The van der Waals surface area contributed by atoms with Crippen molar-refractivity contribution in [2.75, 3.05) is 11.4 Å². The van der Waals surface area contributed by atoms with Crippen LogP contribution in [0.2, 0.25) is 5.28 Å². The summed E-state index contributed by atoms with van der Waals surface area (Å²) >= 11 is 5.83. The van der Waals surface area contributed by atoms with Gasteiger partial charge in [0, 0.05) is 12.2 Å². The minimum absolute atomic E-state index is 0.235. The van der Waals surface area contributed by atoms with Gasteiger partial charge in [-0.05, 0) is 43.0 Å². The summed E-state index contributed by atoms with van der Waals surface area (Å²) < 4.78 is 0. The van der Waals surface area contributed by atoms with E-state index in [2.05, 4.69) is 45.0 Å². The van der Waals surface area contributed by atoms with Gasteiger partial charge in [-0.1, -0.05) is 17.7 Å². The molecule has 0 amide bonds. The van der Waals surface area contributed by atoms with Crippen LogP contribution in [0.3, 0.4) is 0 Å². The Balaban J connectivity index is 2.06. The molecule has 0 saturated carbocycles. The first-order valence-electron chi connectivity index (χ1n) is 5.95. The Hall–Kier alpha value is -1.68. The number of hydrogen-bond donors (Lipinski definition) is 0. The topological polar surface area (TPSA) is 41.9 Å². The molecular weight excluding hydrogens is 248 g/mol. The smallest absolute Gasteiger partial charge is 0.234 e. The molecule has 0 fully saturated rings. The molecule has 3 rings (SSSR count). The summed E-state index contributed by atoms with van der Waals surface area (Å²) in [6.45, 7) is 3.02. The van der Waals surface area contributed by atoms with Gasteiger partial charge in [0.05, 0.1) is 0 Å². The molecule has 18 heavy (non-hydrogen) atoms. The lowest BCUT2D eigenvalue weighted by atomic mass is 10.00. The third kappa shape index (κ3) is 2.04. The minimum atomic E-state index is 0.235. The van der Waals surface area contributed by atoms with Gasteiger partial charge in [-0.2, -0.15) is 4.98 Å². The van der Waals surface area contributed by atoms with Crippen molar-refractivity contribution in [2.45, 2.75) is 19.8 Å². The minimum Gasteiger partial charge on any atom is -0.310 e. The quantitative estimate of drug-likeness (QED) is 0.791. The van der Waals surface area contributed by atoms with Crippen molar-refractivity contribution >= 4 is 23.2 Å². The SMILES string of the molecule is Cc1ccc2c(c1)CCCN2c1ncnc(Cl)n1. The van der Waals surface area contributed by atoms with Crippen LogP contribution in [0.1, 0.15) is 17.5 Å². The summed E-state index contributed by atoms with van der Waals surface area (Å²) in [5.74, 6) is 0.625. The molecule has 0 aliphatic carbocycles. The maximum absolute atomic E-state index is 5.83. The molecule has 0 saturated heterocycles. The Morgan fingerprint density at radius 2 is 2.17 bits per heavy atom. The first kappa shape index (κ1) is 11.4. The van der Waals surface area contributed by atoms with Crippen LogP contribution >= 0.6 is 11.6 Å². The van der Waals surface area contributed by atoms with Crippen molar-refractivity contribution in [2.24, 2.45) is 0 Å². The molecule has 0 N–H and O–H groups in total. The maximum atomic E-state index is 5.83. The predicted octanol–water partition coefficient (Wildman–Crippen LogP) is 2.92. The van der Waals surface area contributed by atoms with Crippen molar-refractivity contribution < 1.29 is 0 Å². The molecule has 5 heteroatoms. The summed E-state index contributed by atoms with van der Waals surface area (Å²) in [5, 5.41) is 0.235. The van der Waals surface area contributed by atoms with Crippen LogP contribution in [0.4, 0.5) is 11.6 Å². The molecule has 1 aromatic carbocycles. The van der Waals surface area contributed by atoms with E-state index in [1.165, 1.54) is 23.1 Å². The predicted molar refractivity (Wildman–Crippen MR) is 71.3 cm³/mol. The molecule has 0 bridgehead atoms. The number of fused-ring (bicyclic) bond motifs is 1. The zero-order valence-corrected chi connectivity index (χ0v) is 10.9. The molecular formula is C13H13ClN4. The molecule has 0 spiro atoms. The van der Waals surface area contributed by atoms with Gasteiger partial charge in [0.15, 0.2) is 0 Å². The Bertz CT molecular complexity index is 585. The standard InChI is InChI=1S/C13H13ClN4/c1-9-4-5-11-10(7-9)3-2-6-18(11)13-16-8-15-12(14)17-13/h4-5,7-8H,2-3,6H2,1H3. The van der Waals surface area contributed by atoms with E-state index in [1.54, 1.807) is 0 Å². The second-order valence-corrected chi connectivity index (χ2v) is 4.78. The lowest BCUT2D eigenvalue weighted by Gasteiger charge is -2.29. The molecule has 0 unspecified atom stereocenters. The van der Waals surface area contributed by atoms with Crippen LogP contribution in [0.15, 0.2) is 24.5 Å². The van der Waals surface area contributed by atoms with E-state index in [0.29, 0.717) is 5.95 Å². The van der Waals surface area contributed by atoms with E-state index in [-0.39, 0.29) is 5.28 Å². The third-order valence-corrected chi connectivity index (χ3v) is 3.31. The van der Waals surface area contributed by atoms with Crippen LogP contribution in [0.25, 0.3) is 0 Å². The van der Waals surface area contributed by atoms with Crippen LogP contribution < -0.4 is 4.90 Å². The Labute approximate surface area is 111 Å². The van der Waals surface area contributed by atoms with Crippen molar-refractivity contribution in [3.05, 3.63) is 40.9 Å². The van der Waals surface area contributed by atoms with Crippen LogP contribution in [-0.4, -0.2) is 21.5 Å². The van der Waals surface area contributed by atoms with E-state index in [0.717, 1.165) is 19.4 Å². The number of benzene rings is 1. The molecule has 0 atom stereocenters. The Morgan fingerprint density at radius 3 is 3.00 bits per heavy atom. The summed E-state index contributed by atoms with van der Waals surface area (Å²) in [7, 11) is 0. The highest BCUT2D eigenvalue weighted by Gasteiger charge is 2.20. The molecule has 2 aromatic rings. The van der Waals surface area contributed by atoms with E-state index < -0.39 is 0 Å². The summed E-state index contributed by atoms with van der Waals surface area (Å²) in [5.41, 5.74) is 3.80. The molecule has 0 radical (unpaired) electrons. The van der Waals surface area contributed by atoms with Crippen LogP contribution in [0, 0.1) is 6.92 Å². The normalized spacial score (nSPS) is 14.4. The zero-order chi connectivity index (χ0) is 12.5. The lowest BCUT2D eigenvalue weighted by Crippen LogP contribution is -2.26. The number of aromatic nitrogens is 3. The van der Waals surface area contributed by atoms with Crippen LogP contribution in [-0.2, 0) is 6.42 Å². The summed E-state index contributed by atoms with van der Waals surface area (Å²) in [6, 6.07) is 6.46. The molecule has 4 nitrogen and oxygen atoms in total. The molecule has 92 valence electrons. The van der Waals surface area contributed by atoms with E-state index >= 15 is 0 Å². The fourth-order valence-corrected chi connectivity index (χ4v) is 2.45. The highest BCUT2D eigenvalue weighted by molar-refractivity contribution is 6.28. The first-order valence-corrected chi connectivity index (χ1v) is 6.33. The van der Waals surface area contributed by atoms with Gasteiger partial charge in [0.1, 0.15) is 6.33 Å². The van der Waals surface area contributed by atoms with Gasteiger partial charge in [0.25, 0.3) is 0 Å². The number of halogens is 1. The van der Waals surface area contributed by atoms with Gasteiger partial charge in [-0.15, -0.1) is 0 Å². The third-order valence-electron chi connectivity index (χ3n) is 3.12. The summed E-state index contributed by atoms with van der Waals surface area (Å²) in [6.07, 6.45) is 3.65. The number of rotatable bonds is 1. The number of anilines is 2. The largest absolute Gasteiger partial charge is 0.310 e. The molecule has 1 aliphatic rings.